The van der Waals surface area contributed by atoms with E-state index in [0.717, 1.165) is 5.56 Å². The van der Waals surface area contributed by atoms with E-state index in [0.29, 0.717) is 16.2 Å². The SMILES string of the molecule is Cc1ccccc1C(=O)C1=C(N)C2C=C(C(=O)O)C(=O)NC2S1. The second kappa shape index (κ2) is 5.58. The Morgan fingerprint density at radius 3 is 2.65 bits per heavy atom. The van der Waals surface area contributed by atoms with E-state index in [1.807, 2.05) is 19.1 Å². The van der Waals surface area contributed by atoms with E-state index >= 15 is 0 Å². The van der Waals surface area contributed by atoms with Crippen LogP contribution in [0.15, 0.2) is 46.5 Å². The smallest absolute Gasteiger partial charge is 0.341 e. The Morgan fingerprint density at radius 2 is 2.00 bits per heavy atom. The molecule has 0 radical (unpaired) electrons. The molecule has 0 spiro atoms. The monoisotopic (exact) mass is 330 g/mol. The van der Waals surface area contributed by atoms with E-state index in [-0.39, 0.29) is 11.4 Å². The Morgan fingerprint density at radius 1 is 1.30 bits per heavy atom. The molecular formula is C16H14N2O4S. The van der Waals surface area contributed by atoms with Crippen LogP contribution in [0.25, 0.3) is 0 Å². The minimum atomic E-state index is -1.31. The van der Waals surface area contributed by atoms with Gasteiger partial charge in [-0.2, -0.15) is 0 Å². The summed E-state index contributed by atoms with van der Waals surface area (Å²) >= 11 is 1.17. The Balaban J connectivity index is 1.98. The molecule has 2 aliphatic heterocycles. The quantitative estimate of drug-likeness (QED) is 0.567. The number of fused-ring (bicyclic) bond motifs is 1. The predicted molar refractivity (Wildman–Crippen MR) is 85.5 cm³/mol. The number of Topliss-reactive ketones (excluding diaryl/α,β-unsaturated/α-hetero) is 1. The summed E-state index contributed by atoms with van der Waals surface area (Å²) in [5.41, 5.74) is 7.41. The van der Waals surface area contributed by atoms with Gasteiger partial charge in [0.25, 0.3) is 5.91 Å². The van der Waals surface area contributed by atoms with Gasteiger partial charge < -0.3 is 16.2 Å². The van der Waals surface area contributed by atoms with Gasteiger partial charge in [0.1, 0.15) is 5.57 Å². The number of allylic oxidation sites excluding steroid dienone is 1. The maximum atomic E-state index is 12.7. The van der Waals surface area contributed by atoms with Crippen molar-refractivity contribution in [3.05, 3.63) is 57.6 Å². The number of aliphatic carboxylic acids is 1. The molecule has 1 aromatic rings. The molecule has 2 aliphatic rings. The number of nitrogens with two attached hydrogens (primary N) is 1. The lowest BCUT2D eigenvalue weighted by atomic mass is 9.95. The van der Waals surface area contributed by atoms with Gasteiger partial charge in [-0.25, -0.2) is 4.79 Å². The molecule has 0 bridgehead atoms. The first-order chi connectivity index (χ1) is 10.9. The maximum Gasteiger partial charge on any atom is 0.341 e. The fourth-order valence-electron chi connectivity index (χ4n) is 2.64. The minimum Gasteiger partial charge on any atom is -0.478 e. The molecule has 23 heavy (non-hydrogen) atoms. The van der Waals surface area contributed by atoms with Gasteiger partial charge in [0, 0.05) is 17.2 Å². The van der Waals surface area contributed by atoms with Gasteiger partial charge in [0.15, 0.2) is 0 Å². The van der Waals surface area contributed by atoms with Gasteiger partial charge in [-0.05, 0) is 12.5 Å². The van der Waals surface area contributed by atoms with Crippen LogP contribution in [0.1, 0.15) is 15.9 Å². The number of aryl methyl sites for hydroxylation is 1. The number of carboxylic acids is 1. The van der Waals surface area contributed by atoms with Crippen molar-refractivity contribution in [2.75, 3.05) is 0 Å². The van der Waals surface area contributed by atoms with Crippen molar-refractivity contribution in [2.24, 2.45) is 11.7 Å². The van der Waals surface area contributed by atoms with Gasteiger partial charge >= 0.3 is 5.97 Å². The predicted octanol–water partition coefficient (Wildman–Crippen LogP) is 1.18. The van der Waals surface area contributed by atoms with Crippen molar-refractivity contribution in [2.45, 2.75) is 12.3 Å². The van der Waals surface area contributed by atoms with Crippen molar-refractivity contribution in [3.63, 3.8) is 0 Å². The summed E-state index contributed by atoms with van der Waals surface area (Å²) in [5.74, 6) is -2.67. The van der Waals surface area contributed by atoms with E-state index in [1.165, 1.54) is 17.8 Å². The summed E-state index contributed by atoms with van der Waals surface area (Å²) in [5, 5.41) is 11.2. The fourth-order valence-corrected chi connectivity index (χ4v) is 3.93. The Bertz CT molecular complexity index is 797. The molecule has 7 heteroatoms. The minimum absolute atomic E-state index is 0.209. The third-order valence-corrected chi connectivity index (χ3v) is 5.20. The van der Waals surface area contributed by atoms with Crippen molar-refractivity contribution >= 4 is 29.4 Å². The van der Waals surface area contributed by atoms with E-state index in [1.54, 1.807) is 12.1 Å². The van der Waals surface area contributed by atoms with Crippen LogP contribution >= 0.6 is 11.8 Å². The molecule has 2 atom stereocenters. The zero-order chi connectivity index (χ0) is 16.7. The zero-order valence-electron chi connectivity index (χ0n) is 12.2. The van der Waals surface area contributed by atoms with Crippen molar-refractivity contribution in [1.29, 1.82) is 0 Å². The number of carbonyl (C=O) groups is 3. The first-order valence-electron chi connectivity index (χ1n) is 6.92. The third-order valence-electron chi connectivity index (χ3n) is 3.88. The number of amides is 1. The molecule has 0 aromatic heterocycles. The molecule has 118 valence electrons. The number of rotatable bonds is 3. The highest BCUT2D eigenvalue weighted by Crippen LogP contribution is 2.43. The van der Waals surface area contributed by atoms with Gasteiger partial charge in [-0.3, -0.25) is 9.59 Å². The number of hydrogen-bond acceptors (Lipinski definition) is 5. The molecule has 0 saturated heterocycles. The Hall–Kier alpha value is -2.54. The Kier molecular flexibility index (Phi) is 3.73. The summed E-state index contributed by atoms with van der Waals surface area (Å²) in [6.07, 6.45) is 1.33. The van der Waals surface area contributed by atoms with Crippen LogP contribution in [0.5, 0.6) is 0 Å². The summed E-state index contributed by atoms with van der Waals surface area (Å²) in [6.45, 7) is 1.83. The molecule has 2 heterocycles. The number of carboxylic acid groups (broad SMARTS) is 1. The van der Waals surface area contributed by atoms with Crippen LogP contribution in [-0.4, -0.2) is 28.1 Å². The van der Waals surface area contributed by atoms with Crippen LogP contribution in [0.3, 0.4) is 0 Å². The number of benzene rings is 1. The molecule has 0 aliphatic carbocycles. The standard InChI is InChI=1S/C16H14N2O4S/c1-7-4-2-3-5-8(7)12(19)13-11(17)9-6-10(16(21)22)14(20)18-15(9)23-13/h2-6,9,15H,17H2,1H3,(H,18,20)(H,21,22). The number of hydrogen-bond donors (Lipinski definition) is 3. The second-order valence-corrected chi connectivity index (χ2v) is 6.50. The molecular weight excluding hydrogens is 316 g/mol. The molecule has 4 N–H and O–H groups in total. The lowest BCUT2D eigenvalue weighted by Gasteiger charge is -2.23. The van der Waals surface area contributed by atoms with Crippen LogP contribution in [-0.2, 0) is 9.59 Å². The Labute approximate surface area is 136 Å². The third kappa shape index (κ3) is 2.53. The summed E-state index contributed by atoms with van der Waals surface area (Å²) in [4.78, 5) is 35.9. The van der Waals surface area contributed by atoms with Gasteiger partial charge in [0.05, 0.1) is 10.3 Å². The van der Waals surface area contributed by atoms with E-state index in [4.69, 9.17) is 10.8 Å². The second-order valence-electron chi connectivity index (χ2n) is 5.35. The molecule has 1 amide bonds. The van der Waals surface area contributed by atoms with Crippen molar-refractivity contribution < 1.29 is 19.5 Å². The average molecular weight is 330 g/mol. The molecule has 6 nitrogen and oxygen atoms in total. The summed E-state index contributed by atoms with van der Waals surface area (Å²) in [6, 6.07) is 7.17. The number of carbonyl (C=O) groups excluding carboxylic acids is 2. The van der Waals surface area contributed by atoms with Crippen LogP contribution < -0.4 is 11.1 Å². The van der Waals surface area contributed by atoms with Gasteiger partial charge in [0.2, 0.25) is 5.78 Å². The summed E-state index contributed by atoms with van der Waals surface area (Å²) < 4.78 is 0. The molecule has 0 fully saturated rings. The van der Waals surface area contributed by atoms with Crippen LogP contribution in [0.4, 0.5) is 0 Å². The van der Waals surface area contributed by atoms with Crippen LogP contribution in [0.2, 0.25) is 0 Å². The lowest BCUT2D eigenvalue weighted by molar-refractivity contribution is -0.135. The van der Waals surface area contributed by atoms with E-state index in [2.05, 4.69) is 5.32 Å². The number of thioether (sulfide) groups is 1. The van der Waals surface area contributed by atoms with E-state index < -0.39 is 23.2 Å². The topological polar surface area (TPSA) is 109 Å². The normalized spacial score (nSPS) is 23.2. The largest absolute Gasteiger partial charge is 0.478 e. The molecule has 2 unspecified atom stereocenters. The zero-order valence-corrected chi connectivity index (χ0v) is 13.0. The molecule has 0 saturated carbocycles. The van der Waals surface area contributed by atoms with Crippen molar-refractivity contribution in [3.8, 4) is 0 Å². The fraction of sp³-hybridized carbons (Fsp3) is 0.188. The van der Waals surface area contributed by atoms with Gasteiger partial charge in [-0.15, -0.1) is 0 Å². The average Bonchev–Trinajstić information content (AvgIpc) is 2.82. The maximum absolute atomic E-state index is 12.7. The summed E-state index contributed by atoms with van der Waals surface area (Å²) in [7, 11) is 0. The molecule has 1 aromatic carbocycles. The first kappa shape index (κ1) is 15.4. The van der Waals surface area contributed by atoms with Crippen molar-refractivity contribution in [1.82, 2.24) is 5.32 Å². The highest BCUT2D eigenvalue weighted by atomic mass is 32.2. The lowest BCUT2D eigenvalue weighted by Crippen LogP contribution is -2.43. The van der Waals surface area contributed by atoms with E-state index in [9.17, 15) is 14.4 Å². The first-order valence-corrected chi connectivity index (χ1v) is 7.80. The highest BCUT2D eigenvalue weighted by Gasteiger charge is 2.42. The number of nitrogens with one attached hydrogen (secondary N) is 1. The van der Waals surface area contributed by atoms with Gasteiger partial charge in [-0.1, -0.05) is 42.1 Å². The highest BCUT2D eigenvalue weighted by molar-refractivity contribution is 8.04. The molecule has 3 rings (SSSR count). The number of ketones is 1. The van der Waals surface area contributed by atoms with Crippen LogP contribution in [0, 0.1) is 12.8 Å².